The van der Waals surface area contributed by atoms with Crippen LogP contribution in [0.15, 0.2) is 30.6 Å². The van der Waals surface area contributed by atoms with Crippen molar-refractivity contribution < 1.29 is 4.74 Å². The van der Waals surface area contributed by atoms with Crippen LogP contribution in [0.2, 0.25) is 0 Å². The van der Waals surface area contributed by atoms with Crippen LogP contribution >= 0.6 is 0 Å². The molecule has 5 heteroatoms. The monoisotopic (exact) mass is 272 g/mol. The summed E-state index contributed by atoms with van der Waals surface area (Å²) in [5.74, 6) is 2.38. The van der Waals surface area contributed by atoms with E-state index in [0.717, 1.165) is 49.2 Å². The molecule has 106 valence electrons. The second kappa shape index (κ2) is 6.05. The van der Waals surface area contributed by atoms with Gasteiger partial charge in [0.2, 0.25) is 0 Å². The third kappa shape index (κ3) is 3.17. The summed E-state index contributed by atoms with van der Waals surface area (Å²) in [6.45, 7) is 3.04. The van der Waals surface area contributed by atoms with Crippen molar-refractivity contribution in [3.63, 3.8) is 0 Å². The number of aryl methyl sites for hydroxylation is 1. The number of nitrogens with zero attached hydrogens (tertiary/aromatic N) is 3. The summed E-state index contributed by atoms with van der Waals surface area (Å²) in [4.78, 5) is 4.26. The molecule has 1 N–H and O–H groups in total. The molecule has 2 aromatic rings. The summed E-state index contributed by atoms with van der Waals surface area (Å²) in [5, 5.41) is 7.69. The summed E-state index contributed by atoms with van der Waals surface area (Å²) in [7, 11) is 1.87. The molecule has 0 amide bonds. The normalized spacial score (nSPS) is 18.4. The fourth-order valence-corrected chi connectivity index (χ4v) is 2.50. The van der Waals surface area contributed by atoms with Crippen LogP contribution in [0.5, 0.6) is 5.75 Å². The number of hydrogen-bond acceptors (Lipinski definition) is 4. The average Bonchev–Trinajstić information content (AvgIpc) is 3.11. The second-order valence-electron chi connectivity index (χ2n) is 5.27. The lowest BCUT2D eigenvalue weighted by Gasteiger charge is -2.10. The Morgan fingerprint density at radius 2 is 2.40 bits per heavy atom. The molecule has 1 unspecified atom stereocenters. The zero-order chi connectivity index (χ0) is 13.8. The molecule has 1 fully saturated rings. The third-order valence-corrected chi connectivity index (χ3v) is 3.65. The first-order valence-electron chi connectivity index (χ1n) is 7.11. The Labute approximate surface area is 119 Å². The van der Waals surface area contributed by atoms with E-state index in [9.17, 15) is 0 Å². The molecule has 3 rings (SSSR count). The molecule has 2 heterocycles. The van der Waals surface area contributed by atoms with Gasteiger partial charge in [-0.2, -0.15) is 5.10 Å². The molecule has 1 saturated heterocycles. The van der Waals surface area contributed by atoms with Crippen LogP contribution in [0.25, 0.3) is 11.4 Å². The van der Waals surface area contributed by atoms with Gasteiger partial charge < -0.3 is 10.1 Å². The van der Waals surface area contributed by atoms with E-state index in [-0.39, 0.29) is 0 Å². The van der Waals surface area contributed by atoms with Gasteiger partial charge in [0.25, 0.3) is 0 Å². The van der Waals surface area contributed by atoms with Gasteiger partial charge >= 0.3 is 0 Å². The van der Waals surface area contributed by atoms with Crippen molar-refractivity contribution in [2.24, 2.45) is 13.0 Å². The number of nitrogens with one attached hydrogen (secondary N) is 1. The molecule has 0 aliphatic carbocycles. The van der Waals surface area contributed by atoms with Gasteiger partial charge in [-0.1, -0.05) is 12.1 Å². The largest absolute Gasteiger partial charge is 0.494 e. The molecule has 1 aromatic heterocycles. The maximum atomic E-state index is 5.85. The van der Waals surface area contributed by atoms with Crippen molar-refractivity contribution >= 4 is 0 Å². The third-order valence-electron chi connectivity index (χ3n) is 3.65. The average molecular weight is 272 g/mol. The molecule has 1 atom stereocenters. The smallest absolute Gasteiger partial charge is 0.181 e. The number of aromatic nitrogens is 3. The zero-order valence-corrected chi connectivity index (χ0v) is 11.7. The molecule has 5 nitrogen and oxygen atoms in total. The van der Waals surface area contributed by atoms with Crippen LogP contribution in [0.1, 0.15) is 12.8 Å². The first-order valence-corrected chi connectivity index (χ1v) is 7.11. The molecule has 0 saturated carbocycles. The highest BCUT2D eigenvalue weighted by Gasteiger charge is 2.14. The quantitative estimate of drug-likeness (QED) is 0.902. The number of benzene rings is 1. The molecule has 20 heavy (non-hydrogen) atoms. The first kappa shape index (κ1) is 13.1. The predicted octanol–water partition coefficient (Wildman–Crippen LogP) is 1.86. The SMILES string of the molecule is Cn1cnc(-c2cccc(OCCC3CCNC3)c2)n1. The van der Waals surface area contributed by atoms with E-state index in [1.165, 1.54) is 6.42 Å². The Morgan fingerprint density at radius 3 is 3.15 bits per heavy atom. The van der Waals surface area contributed by atoms with Crippen LogP contribution < -0.4 is 10.1 Å². The fraction of sp³-hybridized carbons (Fsp3) is 0.467. The minimum absolute atomic E-state index is 0.734. The van der Waals surface area contributed by atoms with Crippen molar-refractivity contribution in [2.75, 3.05) is 19.7 Å². The molecule has 1 aliphatic heterocycles. The topological polar surface area (TPSA) is 52.0 Å². The van der Waals surface area contributed by atoms with Crippen LogP contribution in [-0.4, -0.2) is 34.5 Å². The molecule has 0 radical (unpaired) electrons. The van der Waals surface area contributed by atoms with Crippen molar-refractivity contribution in [1.29, 1.82) is 0 Å². The van der Waals surface area contributed by atoms with E-state index in [4.69, 9.17) is 4.74 Å². The minimum Gasteiger partial charge on any atom is -0.494 e. The summed E-state index contributed by atoms with van der Waals surface area (Å²) < 4.78 is 7.55. The zero-order valence-electron chi connectivity index (χ0n) is 11.7. The highest BCUT2D eigenvalue weighted by molar-refractivity contribution is 5.56. The number of hydrogen-bond donors (Lipinski definition) is 1. The Morgan fingerprint density at radius 1 is 1.45 bits per heavy atom. The van der Waals surface area contributed by atoms with Gasteiger partial charge in [-0.05, 0) is 44.0 Å². The maximum Gasteiger partial charge on any atom is 0.181 e. The fourth-order valence-electron chi connectivity index (χ4n) is 2.50. The summed E-state index contributed by atoms with van der Waals surface area (Å²) in [6, 6.07) is 7.98. The minimum atomic E-state index is 0.734. The standard InChI is InChI=1S/C15H20N4O/c1-19-11-17-15(18-19)13-3-2-4-14(9-13)20-8-6-12-5-7-16-10-12/h2-4,9,11-12,16H,5-8,10H2,1H3. The van der Waals surface area contributed by atoms with Crippen LogP contribution in [0.3, 0.4) is 0 Å². The number of rotatable bonds is 5. The van der Waals surface area contributed by atoms with Crippen molar-refractivity contribution in [1.82, 2.24) is 20.1 Å². The Kier molecular flexibility index (Phi) is 3.97. The molecule has 0 bridgehead atoms. The molecule has 1 aromatic carbocycles. The van der Waals surface area contributed by atoms with Crippen molar-refractivity contribution in [3.05, 3.63) is 30.6 Å². The van der Waals surface area contributed by atoms with E-state index in [1.807, 2.05) is 31.3 Å². The van der Waals surface area contributed by atoms with Gasteiger partial charge in [0, 0.05) is 12.6 Å². The lowest BCUT2D eigenvalue weighted by atomic mass is 10.1. The summed E-state index contributed by atoms with van der Waals surface area (Å²) in [6.07, 6.45) is 4.08. The Hall–Kier alpha value is -1.88. The van der Waals surface area contributed by atoms with E-state index in [0.29, 0.717) is 0 Å². The van der Waals surface area contributed by atoms with Crippen LogP contribution in [-0.2, 0) is 7.05 Å². The van der Waals surface area contributed by atoms with E-state index in [2.05, 4.69) is 15.4 Å². The van der Waals surface area contributed by atoms with Gasteiger partial charge in [0.05, 0.1) is 6.61 Å². The number of ether oxygens (including phenoxy) is 1. The Balaban J connectivity index is 1.59. The van der Waals surface area contributed by atoms with E-state index >= 15 is 0 Å². The van der Waals surface area contributed by atoms with Gasteiger partial charge in [0.1, 0.15) is 12.1 Å². The van der Waals surface area contributed by atoms with Gasteiger partial charge in [-0.15, -0.1) is 0 Å². The second-order valence-corrected chi connectivity index (χ2v) is 5.27. The highest BCUT2D eigenvalue weighted by atomic mass is 16.5. The van der Waals surface area contributed by atoms with Gasteiger partial charge in [-0.25, -0.2) is 4.98 Å². The Bertz CT molecular complexity index is 561. The van der Waals surface area contributed by atoms with Gasteiger partial charge in [0.15, 0.2) is 5.82 Å². The molecule has 0 spiro atoms. The van der Waals surface area contributed by atoms with E-state index in [1.54, 1.807) is 11.0 Å². The van der Waals surface area contributed by atoms with Crippen LogP contribution in [0, 0.1) is 5.92 Å². The lowest BCUT2D eigenvalue weighted by Crippen LogP contribution is -2.11. The molecule has 1 aliphatic rings. The maximum absolute atomic E-state index is 5.85. The summed E-state index contributed by atoms with van der Waals surface area (Å²) in [5.41, 5.74) is 0.991. The lowest BCUT2D eigenvalue weighted by molar-refractivity contribution is 0.284. The molecular formula is C15H20N4O. The van der Waals surface area contributed by atoms with Crippen molar-refractivity contribution in [2.45, 2.75) is 12.8 Å². The predicted molar refractivity (Wildman–Crippen MR) is 77.5 cm³/mol. The molecular weight excluding hydrogens is 252 g/mol. The summed E-state index contributed by atoms with van der Waals surface area (Å²) >= 11 is 0. The van der Waals surface area contributed by atoms with Crippen LogP contribution in [0.4, 0.5) is 0 Å². The highest BCUT2D eigenvalue weighted by Crippen LogP contribution is 2.21. The first-order chi connectivity index (χ1) is 9.81. The van der Waals surface area contributed by atoms with Gasteiger partial charge in [-0.3, -0.25) is 4.68 Å². The van der Waals surface area contributed by atoms with E-state index < -0.39 is 0 Å². The van der Waals surface area contributed by atoms with Crippen molar-refractivity contribution in [3.8, 4) is 17.1 Å².